The SMILES string of the molecule is C=CCOc1ccc(C2=[C-]CC(C)C(=O)N2CC)c(Br)c1.[Y]. The van der Waals surface area contributed by atoms with Gasteiger partial charge in [-0.2, -0.15) is 0 Å². The molecule has 0 spiro atoms. The summed E-state index contributed by atoms with van der Waals surface area (Å²) in [5, 5.41) is 0. The van der Waals surface area contributed by atoms with Gasteiger partial charge < -0.3 is 9.64 Å². The van der Waals surface area contributed by atoms with Crippen LogP contribution in [0.2, 0.25) is 0 Å². The van der Waals surface area contributed by atoms with Crippen molar-refractivity contribution in [2.45, 2.75) is 20.3 Å². The number of amides is 1. The van der Waals surface area contributed by atoms with Crippen LogP contribution < -0.4 is 4.74 Å². The topological polar surface area (TPSA) is 29.5 Å². The van der Waals surface area contributed by atoms with Crippen LogP contribution in [0.15, 0.2) is 35.3 Å². The molecule has 1 amide bonds. The van der Waals surface area contributed by atoms with Crippen molar-refractivity contribution in [3.63, 3.8) is 0 Å². The van der Waals surface area contributed by atoms with Gasteiger partial charge in [0.2, 0.25) is 5.91 Å². The van der Waals surface area contributed by atoms with Gasteiger partial charge in [-0.05, 0) is 19.1 Å². The van der Waals surface area contributed by atoms with Gasteiger partial charge in [0.05, 0.1) is 0 Å². The summed E-state index contributed by atoms with van der Waals surface area (Å²) in [6.45, 7) is 8.67. The number of carbonyl (C=O) groups is 1. The van der Waals surface area contributed by atoms with Crippen LogP contribution in [0.1, 0.15) is 25.8 Å². The summed E-state index contributed by atoms with van der Waals surface area (Å²) >= 11 is 3.56. The van der Waals surface area contributed by atoms with Crippen molar-refractivity contribution in [2.75, 3.05) is 13.2 Å². The molecule has 0 saturated carbocycles. The zero-order valence-electron chi connectivity index (χ0n) is 12.9. The van der Waals surface area contributed by atoms with Gasteiger partial charge in [0.1, 0.15) is 12.4 Å². The van der Waals surface area contributed by atoms with Gasteiger partial charge in [-0.25, -0.2) is 6.08 Å². The van der Waals surface area contributed by atoms with E-state index in [1.165, 1.54) is 0 Å². The van der Waals surface area contributed by atoms with Crippen molar-refractivity contribution in [1.29, 1.82) is 0 Å². The van der Waals surface area contributed by atoms with Gasteiger partial charge in [-0.3, -0.25) is 4.79 Å². The monoisotopic (exact) mass is 437 g/mol. The third-order valence-electron chi connectivity index (χ3n) is 3.41. The Bertz CT molecular complexity index is 586. The fourth-order valence-electron chi connectivity index (χ4n) is 2.30. The Balaban J connectivity index is 0.00000242. The molecule has 22 heavy (non-hydrogen) atoms. The zero-order chi connectivity index (χ0) is 15.4. The molecule has 1 heterocycles. The van der Waals surface area contributed by atoms with Crippen LogP contribution in [0.4, 0.5) is 0 Å². The maximum Gasteiger partial charge on any atom is 0.225 e. The molecular formula is C17H19BrNO2Y-. The van der Waals surface area contributed by atoms with Crippen LogP contribution in [0, 0.1) is 12.0 Å². The van der Waals surface area contributed by atoms with Crippen LogP contribution in [0.5, 0.6) is 5.75 Å². The summed E-state index contributed by atoms with van der Waals surface area (Å²) < 4.78 is 6.41. The summed E-state index contributed by atoms with van der Waals surface area (Å²) in [7, 11) is 0. The predicted molar refractivity (Wildman–Crippen MR) is 87.7 cm³/mol. The van der Waals surface area contributed by atoms with Crippen molar-refractivity contribution >= 4 is 27.5 Å². The largest absolute Gasteiger partial charge is 0.490 e. The Labute approximate surface area is 165 Å². The average Bonchev–Trinajstić information content (AvgIpc) is 2.48. The molecular weight excluding hydrogens is 419 g/mol. The number of halogens is 1. The van der Waals surface area contributed by atoms with E-state index < -0.39 is 0 Å². The molecule has 0 saturated heterocycles. The van der Waals surface area contributed by atoms with Crippen molar-refractivity contribution in [2.24, 2.45) is 5.92 Å². The van der Waals surface area contributed by atoms with Gasteiger partial charge in [-0.15, -0.1) is 17.3 Å². The number of ether oxygens (including phenoxy) is 1. The fourth-order valence-corrected chi connectivity index (χ4v) is 2.84. The van der Waals surface area contributed by atoms with E-state index in [0.29, 0.717) is 19.6 Å². The molecule has 2 rings (SSSR count). The molecule has 1 atom stereocenters. The molecule has 3 nitrogen and oxygen atoms in total. The molecule has 0 aromatic heterocycles. The first-order valence-corrected chi connectivity index (χ1v) is 7.83. The van der Waals surface area contributed by atoms with Gasteiger partial charge in [0, 0.05) is 45.2 Å². The smallest absolute Gasteiger partial charge is 0.225 e. The Morgan fingerprint density at radius 2 is 2.27 bits per heavy atom. The van der Waals surface area contributed by atoms with Gasteiger partial charge in [0.15, 0.2) is 0 Å². The normalized spacial score (nSPS) is 17.6. The predicted octanol–water partition coefficient (Wildman–Crippen LogP) is 4.04. The average molecular weight is 438 g/mol. The van der Waals surface area contributed by atoms with E-state index in [-0.39, 0.29) is 44.5 Å². The fraction of sp³-hybridized carbons (Fsp3) is 0.353. The van der Waals surface area contributed by atoms with E-state index in [2.05, 4.69) is 28.6 Å². The quantitative estimate of drug-likeness (QED) is 0.513. The number of carbonyl (C=O) groups excluding carboxylic acids is 1. The van der Waals surface area contributed by atoms with Gasteiger partial charge in [0.25, 0.3) is 0 Å². The second-order valence-electron chi connectivity index (χ2n) is 4.95. The molecule has 0 bridgehead atoms. The zero-order valence-corrected chi connectivity index (χ0v) is 17.4. The molecule has 1 radical (unpaired) electrons. The summed E-state index contributed by atoms with van der Waals surface area (Å²) in [6.07, 6.45) is 5.72. The first-order valence-electron chi connectivity index (χ1n) is 7.04. The minimum absolute atomic E-state index is 0. The van der Waals surface area contributed by atoms with Crippen molar-refractivity contribution < 1.29 is 42.2 Å². The van der Waals surface area contributed by atoms with E-state index in [0.717, 1.165) is 21.5 Å². The minimum atomic E-state index is 0. The third-order valence-corrected chi connectivity index (χ3v) is 4.07. The summed E-state index contributed by atoms with van der Waals surface area (Å²) in [6, 6.07) is 5.76. The van der Waals surface area contributed by atoms with Crippen LogP contribution in [0.3, 0.4) is 0 Å². The Morgan fingerprint density at radius 1 is 1.55 bits per heavy atom. The van der Waals surface area contributed by atoms with Gasteiger partial charge in [-0.1, -0.05) is 46.4 Å². The summed E-state index contributed by atoms with van der Waals surface area (Å²) in [5.74, 6) is 0.928. The molecule has 1 aromatic rings. The van der Waals surface area contributed by atoms with Crippen LogP contribution in [-0.4, -0.2) is 24.0 Å². The molecule has 1 aliphatic heterocycles. The van der Waals surface area contributed by atoms with E-state index in [4.69, 9.17) is 4.74 Å². The summed E-state index contributed by atoms with van der Waals surface area (Å²) in [4.78, 5) is 14.1. The first-order chi connectivity index (χ1) is 10.1. The molecule has 115 valence electrons. The molecule has 0 fully saturated rings. The number of rotatable bonds is 5. The standard InChI is InChI=1S/C17H19BrNO2.Y/c1-4-10-21-13-7-8-14(15(18)11-13)16-9-6-12(3)17(20)19(16)5-2;/h4,7-8,11-12H,1,5-6,10H2,2-3H3;/q-1;. The van der Waals surface area contributed by atoms with E-state index in [1.807, 2.05) is 32.0 Å². The van der Waals surface area contributed by atoms with Crippen LogP contribution in [0.25, 0.3) is 5.70 Å². The van der Waals surface area contributed by atoms with Crippen molar-refractivity contribution in [1.82, 2.24) is 4.90 Å². The van der Waals surface area contributed by atoms with E-state index in [1.54, 1.807) is 11.0 Å². The number of benzene rings is 1. The number of nitrogens with zero attached hydrogens (tertiary/aromatic N) is 1. The maximum absolute atomic E-state index is 12.3. The van der Waals surface area contributed by atoms with E-state index >= 15 is 0 Å². The Morgan fingerprint density at radius 3 is 2.86 bits per heavy atom. The van der Waals surface area contributed by atoms with Crippen molar-refractivity contribution in [3.05, 3.63) is 47.0 Å². The van der Waals surface area contributed by atoms with Crippen LogP contribution in [-0.2, 0) is 37.5 Å². The third kappa shape index (κ3) is 4.30. The molecule has 0 aliphatic carbocycles. The molecule has 0 N–H and O–H groups in total. The van der Waals surface area contributed by atoms with Crippen LogP contribution >= 0.6 is 15.9 Å². The number of hydrogen-bond acceptors (Lipinski definition) is 2. The molecule has 1 aromatic carbocycles. The molecule has 1 unspecified atom stereocenters. The molecule has 5 heteroatoms. The minimum Gasteiger partial charge on any atom is -0.490 e. The first kappa shape index (κ1) is 19.6. The summed E-state index contributed by atoms with van der Waals surface area (Å²) in [5.41, 5.74) is 1.81. The second-order valence-corrected chi connectivity index (χ2v) is 5.81. The molecule has 1 aliphatic rings. The number of hydrogen-bond donors (Lipinski definition) is 0. The number of allylic oxidation sites excluding steroid dienone is 1. The Hall–Kier alpha value is -0.446. The maximum atomic E-state index is 12.3. The van der Waals surface area contributed by atoms with Crippen molar-refractivity contribution in [3.8, 4) is 5.75 Å². The Kier molecular flexibility index (Phi) is 8.02. The van der Waals surface area contributed by atoms with E-state index in [9.17, 15) is 4.79 Å². The second kappa shape index (κ2) is 9.00. The van der Waals surface area contributed by atoms with Gasteiger partial charge >= 0.3 is 0 Å².